The highest BCUT2D eigenvalue weighted by molar-refractivity contribution is 7.92. The fourth-order valence-electron chi connectivity index (χ4n) is 3.26. The molecular formula is C23H20F2N2O5S. The molecule has 1 amide bonds. The van der Waals surface area contributed by atoms with Crippen LogP contribution in [-0.2, 0) is 21.2 Å². The lowest BCUT2D eigenvalue weighted by molar-refractivity contribution is -0.116. The molecule has 2 N–H and O–H groups in total. The first kappa shape index (κ1) is 22.5. The average molecular weight is 474 g/mol. The number of benzene rings is 3. The summed E-state index contributed by atoms with van der Waals surface area (Å²) in [7, 11) is -3.87. The van der Waals surface area contributed by atoms with Crippen molar-refractivity contribution in [3.05, 3.63) is 77.9 Å². The molecule has 33 heavy (non-hydrogen) atoms. The lowest BCUT2D eigenvalue weighted by Crippen LogP contribution is -2.17. The van der Waals surface area contributed by atoms with Crippen molar-refractivity contribution >= 4 is 27.3 Å². The lowest BCUT2D eigenvalue weighted by Gasteiger charge is -2.19. The summed E-state index contributed by atoms with van der Waals surface area (Å²) >= 11 is 0. The number of ether oxygens (including phenoxy) is 2. The van der Waals surface area contributed by atoms with Gasteiger partial charge < -0.3 is 14.8 Å². The van der Waals surface area contributed by atoms with Crippen LogP contribution in [0.15, 0.2) is 65.6 Å². The van der Waals surface area contributed by atoms with E-state index >= 15 is 0 Å². The molecule has 172 valence electrons. The van der Waals surface area contributed by atoms with E-state index < -0.39 is 27.6 Å². The standard InChI is InChI=1S/C23H20F2N2O5S/c24-19-2-1-3-20(25)18(19)9-11-23(28)26-15-4-6-16(7-5-15)27-33(29,30)17-8-10-21-22(14-17)32-13-12-31-21/h1-8,10,14,27H,9,11-13H2,(H,26,28). The van der Waals surface area contributed by atoms with Gasteiger partial charge in [0.1, 0.15) is 24.8 Å². The number of fused-ring (bicyclic) bond motifs is 1. The second-order valence-electron chi connectivity index (χ2n) is 7.24. The molecule has 1 aliphatic heterocycles. The van der Waals surface area contributed by atoms with E-state index in [9.17, 15) is 22.0 Å². The molecule has 0 aromatic heterocycles. The van der Waals surface area contributed by atoms with E-state index in [-0.39, 0.29) is 29.0 Å². The molecule has 4 rings (SSSR count). The largest absolute Gasteiger partial charge is 0.486 e. The molecule has 0 radical (unpaired) electrons. The first-order chi connectivity index (χ1) is 15.8. The molecule has 1 aliphatic rings. The van der Waals surface area contributed by atoms with Gasteiger partial charge in [-0.1, -0.05) is 6.07 Å². The van der Waals surface area contributed by atoms with Gasteiger partial charge in [-0.3, -0.25) is 9.52 Å². The number of carbonyl (C=O) groups excluding carboxylic acids is 1. The first-order valence-electron chi connectivity index (χ1n) is 10.1. The fraction of sp³-hybridized carbons (Fsp3) is 0.174. The number of hydrogen-bond donors (Lipinski definition) is 2. The summed E-state index contributed by atoms with van der Waals surface area (Å²) in [5.41, 5.74) is 0.559. The maximum atomic E-state index is 13.7. The van der Waals surface area contributed by atoms with Gasteiger partial charge in [-0.05, 0) is 55.0 Å². The molecule has 3 aromatic rings. The van der Waals surface area contributed by atoms with E-state index in [0.29, 0.717) is 30.4 Å². The Labute approximate surface area is 189 Å². The van der Waals surface area contributed by atoms with Gasteiger partial charge in [0.2, 0.25) is 5.91 Å². The van der Waals surface area contributed by atoms with Gasteiger partial charge >= 0.3 is 0 Å². The normalized spacial score (nSPS) is 12.8. The lowest BCUT2D eigenvalue weighted by atomic mass is 10.1. The Morgan fingerprint density at radius 1 is 0.879 bits per heavy atom. The van der Waals surface area contributed by atoms with Crippen LogP contribution in [0.5, 0.6) is 11.5 Å². The van der Waals surface area contributed by atoms with Crippen molar-refractivity contribution in [2.75, 3.05) is 23.3 Å². The van der Waals surface area contributed by atoms with Crippen molar-refractivity contribution in [3.8, 4) is 11.5 Å². The van der Waals surface area contributed by atoms with E-state index in [4.69, 9.17) is 9.47 Å². The van der Waals surface area contributed by atoms with Gasteiger partial charge in [-0.2, -0.15) is 0 Å². The van der Waals surface area contributed by atoms with Crippen molar-refractivity contribution in [2.24, 2.45) is 0 Å². The van der Waals surface area contributed by atoms with E-state index in [1.165, 1.54) is 48.5 Å². The molecule has 0 atom stereocenters. The fourth-order valence-corrected chi connectivity index (χ4v) is 4.33. The predicted molar refractivity (Wildman–Crippen MR) is 118 cm³/mol. The summed E-state index contributed by atoms with van der Waals surface area (Å²) in [6, 6.07) is 13.9. The van der Waals surface area contributed by atoms with Crippen LogP contribution >= 0.6 is 0 Å². The third kappa shape index (κ3) is 5.40. The summed E-state index contributed by atoms with van der Waals surface area (Å²) in [6.45, 7) is 0.743. The van der Waals surface area contributed by atoms with Crippen LogP contribution < -0.4 is 19.5 Å². The molecular weight excluding hydrogens is 454 g/mol. The smallest absolute Gasteiger partial charge is 0.262 e. The van der Waals surface area contributed by atoms with Gasteiger partial charge in [-0.25, -0.2) is 17.2 Å². The molecule has 3 aromatic carbocycles. The molecule has 0 unspecified atom stereocenters. The average Bonchev–Trinajstić information content (AvgIpc) is 2.79. The van der Waals surface area contributed by atoms with Crippen LogP contribution in [0.25, 0.3) is 0 Å². The Morgan fingerprint density at radius 2 is 1.52 bits per heavy atom. The summed E-state index contributed by atoms with van der Waals surface area (Å²) in [5.74, 6) is -0.979. The molecule has 0 spiro atoms. The van der Waals surface area contributed by atoms with Crippen molar-refractivity contribution in [2.45, 2.75) is 17.7 Å². The number of anilines is 2. The second kappa shape index (κ2) is 9.45. The molecule has 10 heteroatoms. The molecule has 0 aliphatic carbocycles. The minimum Gasteiger partial charge on any atom is -0.486 e. The minimum atomic E-state index is -3.87. The van der Waals surface area contributed by atoms with E-state index in [1.54, 1.807) is 0 Å². The van der Waals surface area contributed by atoms with Crippen LogP contribution in [0.3, 0.4) is 0 Å². The monoisotopic (exact) mass is 474 g/mol. The van der Waals surface area contributed by atoms with Gasteiger partial charge in [0.25, 0.3) is 10.0 Å². The maximum Gasteiger partial charge on any atom is 0.262 e. The summed E-state index contributed by atoms with van der Waals surface area (Å²) < 4.78 is 66.0. The quantitative estimate of drug-likeness (QED) is 0.538. The molecule has 0 saturated heterocycles. The van der Waals surface area contributed by atoms with E-state index in [2.05, 4.69) is 10.0 Å². The minimum absolute atomic E-state index is 0.0181. The molecule has 1 heterocycles. The zero-order chi connectivity index (χ0) is 23.4. The van der Waals surface area contributed by atoms with Gasteiger partial charge in [-0.15, -0.1) is 0 Å². The highest BCUT2D eigenvalue weighted by atomic mass is 32.2. The van der Waals surface area contributed by atoms with Crippen LogP contribution in [0.4, 0.5) is 20.2 Å². The van der Waals surface area contributed by atoms with Crippen molar-refractivity contribution in [3.63, 3.8) is 0 Å². The SMILES string of the molecule is O=C(CCc1c(F)cccc1F)Nc1ccc(NS(=O)(=O)c2ccc3c(c2)OCCO3)cc1. The van der Waals surface area contributed by atoms with Gasteiger partial charge in [0.15, 0.2) is 11.5 Å². The second-order valence-corrected chi connectivity index (χ2v) is 8.92. The number of amides is 1. The summed E-state index contributed by atoms with van der Waals surface area (Å²) in [6.07, 6.45) is -0.200. The van der Waals surface area contributed by atoms with E-state index in [0.717, 1.165) is 12.1 Å². The topological polar surface area (TPSA) is 93.7 Å². The molecule has 7 nitrogen and oxygen atoms in total. The highest BCUT2D eigenvalue weighted by Crippen LogP contribution is 2.32. The van der Waals surface area contributed by atoms with E-state index in [1.807, 2.05) is 0 Å². The maximum absolute atomic E-state index is 13.7. The number of carbonyl (C=O) groups is 1. The Bertz CT molecular complexity index is 1260. The molecule has 0 saturated carbocycles. The van der Waals surface area contributed by atoms with Gasteiger partial charge in [0.05, 0.1) is 4.90 Å². The highest BCUT2D eigenvalue weighted by Gasteiger charge is 2.19. The van der Waals surface area contributed by atoms with Crippen molar-refractivity contribution in [1.82, 2.24) is 0 Å². The zero-order valence-electron chi connectivity index (χ0n) is 17.3. The third-order valence-corrected chi connectivity index (χ3v) is 6.29. The van der Waals surface area contributed by atoms with Crippen molar-refractivity contribution < 1.29 is 31.5 Å². The Kier molecular flexibility index (Phi) is 6.45. The van der Waals surface area contributed by atoms with Crippen molar-refractivity contribution in [1.29, 1.82) is 0 Å². The Balaban J connectivity index is 1.36. The molecule has 0 bridgehead atoms. The number of nitrogens with one attached hydrogen (secondary N) is 2. The van der Waals surface area contributed by atoms with Gasteiger partial charge in [0, 0.05) is 29.4 Å². The van der Waals surface area contributed by atoms with Crippen LogP contribution in [0.1, 0.15) is 12.0 Å². The van der Waals surface area contributed by atoms with Crippen LogP contribution in [0, 0.1) is 11.6 Å². The number of sulfonamides is 1. The van der Waals surface area contributed by atoms with Crippen LogP contribution in [-0.4, -0.2) is 27.5 Å². The predicted octanol–water partition coefficient (Wildman–Crippen LogP) is 4.11. The summed E-state index contributed by atoms with van der Waals surface area (Å²) in [5, 5.41) is 2.62. The Hall–Kier alpha value is -3.66. The first-order valence-corrected chi connectivity index (χ1v) is 11.6. The Morgan fingerprint density at radius 3 is 2.21 bits per heavy atom. The summed E-state index contributed by atoms with van der Waals surface area (Å²) in [4.78, 5) is 12.2. The zero-order valence-corrected chi connectivity index (χ0v) is 18.1. The number of halogens is 2. The number of hydrogen-bond acceptors (Lipinski definition) is 5. The van der Waals surface area contributed by atoms with Crippen LogP contribution in [0.2, 0.25) is 0 Å². The third-order valence-electron chi connectivity index (χ3n) is 4.91. The molecule has 0 fully saturated rings. The number of rotatable bonds is 7.